The molecule has 1 aliphatic rings. The van der Waals surface area contributed by atoms with E-state index < -0.39 is 10.0 Å². The van der Waals surface area contributed by atoms with Crippen molar-refractivity contribution in [1.82, 2.24) is 4.72 Å². The molecule has 1 amide bonds. The maximum absolute atomic E-state index is 12.0. The van der Waals surface area contributed by atoms with Crippen LogP contribution in [-0.4, -0.2) is 26.2 Å². The fourth-order valence-electron chi connectivity index (χ4n) is 1.54. The molecule has 0 aliphatic heterocycles. The van der Waals surface area contributed by atoms with Crippen LogP contribution < -0.4 is 10.0 Å². The summed E-state index contributed by atoms with van der Waals surface area (Å²) < 4.78 is 26.6. The fourth-order valence-corrected chi connectivity index (χ4v) is 3.06. The number of hydrogen-bond acceptors (Lipinski definition) is 3. The Morgan fingerprint density at radius 2 is 2.11 bits per heavy atom. The van der Waals surface area contributed by atoms with Gasteiger partial charge in [-0.15, -0.1) is 11.6 Å². The molecule has 19 heavy (non-hydrogen) atoms. The van der Waals surface area contributed by atoms with E-state index in [1.165, 1.54) is 12.1 Å². The minimum atomic E-state index is -3.49. The van der Waals surface area contributed by atoms with Crippen LogP contribution in [-0.2, 0) is 14.8 Å². The molecule has 1 saturated carbocycles. The van der Waals surface area contributed by atoms with Crippen LogP contribution in [0.1, 0.15) is 19.3 Å². The number of sulfonamides is 1. The number of amides is 1. The summed E-state index contributed by atoms with van der Waals surface area (Å²) in [4.78, 5) is 11.6. The topological polar surface area (TPSA) is 75.3 Å². The van der Waals surface area contributed by atoms with Gasteiger partial charge in [0.05, 0.1) is 4.90 Å². The van der Waals surface area contributed by atoms with Gasteiger partial charge in [-0.05, 0) is 31.0 Å². The number of carbonyl (C=O) groups excluding carboxylic acids is 1. The van der Waals surface area contributed by atoms with Gasteiger partial charge in [-0.25, -0.2) is 13.1 Å². The molecule has 0 radical (unpaired) electrons. The van der Waals surface area contributed by atoms with Gasteiger partial charge in [-0.1, -0.05) is 6.07 Å². The van der Waals surface area contributed by atoms with Crippen LogP contribution in [0.25, 0.3) is 0 Å². The van der Waals surface area contributed by atoms with Gasteiger partial charge in [-0.2, -0.15) is 0 Å². The first-order chi connectivity index (χ1) is 9.01. The second-order valence-electron chi connectivity index (χ2n) is 4.41. The molecule has 2 N–H and O–H groups in total. The highest BCUT2D eigenvalue weighted by atomic mass is 35.5. The predicted molar refractivity (Wildman–Crippen MR) is 73.8 cm³/mol. The zero-order valence-corrected chi connectivity index (χ0v) is 11.8. The average molecular weight is 303 g/mol. The van der Waals surface area contributed by atoms with Crippen molar-refractivity contribution in [2.24, 2.45) is 0 Å². The summed E-state index contributed by atoms with van der Waals surface area (Å²) in [5.41, 5.74) is 0.453. The predicted octanol–water partition coefficient (Wildman–Crippen LogP) is 1.69. The number of anilines is 1. The number of nitrogens with one attached hydrogen (secondary N) is 2. The number of carbonyl (C=O) groups is 1. The lowest BCUT2D eigenvalue weighted by Crippen LogP contribution is -2.25. The Morgan fingerprint density at radius 3 is 2.74 bits per heavy atom. The van der Waals surface area contributed by atoms with Gasteiger partial charge in [0.25, 0.3) is 0 Å². The second-order valence-corrected chi connectivity index (χ2v) is 6.50. The molecule has 7 heteroatoms. The summed E-state index contributed by atoms with van der Waals surface area (Å²) in [7, 11) is -3.49. The Hall–Kier alpha value is -1.11. The molecule has 104 valence electrons. The molecule has 0 bridgehead atoms. The van der Waals surface area contributed by atoms with Crippen molar-refractivity contribution >= 4 is 33.2 Å². The van der Waals surface area contributed by atoms with E-state index in [0.29, 0.717) is 5.69 Å². The minimum absolute atomic E-state index is 0.0551. The van der Waals surface area contributed by atoms with E-state index in [2.05, 4.69) is 10.0 Å². The van der Waals surface area contributed by atoms with Crippen molar-refractivity contribution in [1.29, 1.82) is 0 Å². The summed E-state index contributed by atoms with van der Waals surface area (Å²) in [6, 6.07) is 6.23. The molecule has 1 aliphatic carbocycles. The molecular weight excluding hydrogens is 288 g/mol. The number of halogens is 1. The zero-order chi connectivity index (χ0) is 13.9. The maximum Gasteiger partial charge on any atom is 0.240 e. The lowest BCUT2D eigenvalue weighted by Gasteiger charge is -2.08. The molecule has 0 aromatic heterocycles. The molecule has 0 atom stereocenters. The van der Waals surface area contributed by atoms with Crippen LogP contribution in [0.2, 0.25) is 0 Å². The van der Waals surface area contributed by atoms with Gasteiger partial charge >= 0.3 is 0 Å². The quantitative estimate of drug-likeness (QED) is 0.785. The van der Waals surface area contributed by atoms with E-state index in [1.807, 2.05) is 0 Å². The SMILES string of the molecule is O=C(CCCl)Nc1cccc(S(=O)(=O)NC2CC2)c1. The molecule has 0 heterocycles. The Kier molecular flexibility index (Phi) is 4.44. The molecule has 0 unspecified atom stereocenters. The van der Waals surface area contributed by atoms with Crippen LogP contribution in [0.4, 0.5) is 5.69 Å². The van der Waals surface area contributed by atoms with Crippen molar-refractivity contribution in [3.8, 4) is 0 Å². The third-order valence-electron chi connectivity index (χ3n) is 2.65. The summed E-state index contributed by atoms with van der Waals surface area (Å²) in [5.74, 6) is -0.00716. The Labute approximate surface area is 117 Å². The molecule has 2 rings (SSSR count). The summed E-state index contributed by atoms with van der Waals surface area (Å²) in [5, 5.41) is 2.61. The van der Waals surface area contributed by atoms with Crippen LogP contribution in [0.3, 0.4) is 0 Å². The highest BCUT2D eigenvalue weighted by molar-refractivity contribution is 7.89. The standard InChI is InChI=1S/C12H15ClN2O3S/c13-7-6-12(16)14-10-2-1-3-11(8-10)19(17,18)15-9-4-5-9/h1-3,8-9,15H,4-7H2,(H,14,16). The average Bonchev–Trinajstić information content (AvgIpc) is 3.13. The zero-order valence-electron chi connectivity index (χ0n) is 10.2. The van der Waals surface area contributed by atoms with Crippen LogP contribution >= 0.6 is 11.6 Å². The molecule has 1 aromatic carbocycles. The van der Waals surface area contributed by atoms with E-state index >= 15 is 0 Å². The number of hydrogen-bond donors (Lipinski definition) is 2. The number of benzene rings is 1. The van der Waals surface area contributed by atoms with Crippen LogP contribution in [0.15, 0.2) is 29.2 Å². The minimum Gasteiger partial charge on any atom is -0.326 e. The summed E-state index contributed by atoms with van der Waals surface area (Å²) in [6.07, 6.45) is 1.95. The van der Waals surface area contributed by atoms with Gasteiger partial charge in [0.2, 0.25) is 15.9 Å². The lowest BCUT2D eigenvalue weighted by atomic mass is 10.3. The first kappa shape index (κ1) is 14.3. The first-order valence-electron chi connectivity index (χ1n) is 5.99. The fraction of sp³-hybridized carbons (Fsp3) is 0.417. The molecule has 1 fully saturated rings. The lowest BCUT2D eigenvalue weighted by molar-refractivity contribution is -0.115. The third kappa shape index (κ3) is 4.19. The van der Waals surface area contributed by atoms with E-state index in [0.717, 1.165) is 12.8 Å². The van der Waals surface area contributed by atoms with Crippen LogP contribution in [0, 0.1) is 0 Å². The second kappa shape index (κ2) is 5.90. The van der Waals surface area contributed by atoms with E-state index in [-0.39, 0.29) is 29.1 Å². The summed E-state index contributed by atoms with van der Waals surface area (Å²) in [6.45, 7) is 0. The Balaban J connectivity index is 2.11. The normalized spacial score (nSPS) is 15.2. The van der Waals surface area contributed by atoms with E-state index in [4.69, 9.17) is 11.6 Å². The highest BCUT2D eigenvalue weighted by Crippen LogP contribution is 2.23. The molecule has 0 spiro atoms. The monoisotopic (exact) mass is 302 g/mol. The van der Waals surface area contributed by atoms with Crippen molar-refractivity contribution in [2.45, 2.75) is 30.2 Å². The third-order valence-corrected chi connectivity index (χ3v) is 4.36. The van der Waals surface area contributed by atoms with Gasteiger partial charge in [0.1, 0.15) is 0 Å². The highest BCUT2D eigenvalue weighted by Gasteiger charge is 2.28. The van der Waals surface area contributed by atoms with Crippen molar-refractivity contribution < 1.29 is 13.2 Å². The number of alkyl halides is 1. The number of rotatable bonds is 6. The van der Waals surface area contributed by atoms with Crippen molar-refractivity contribution in [3.05, 3.63) is 24.3 Å². The Bertz CT molecular complexity index is 570. The molecule has 0 saturated heterocycles. The van der Waals surface area contributed by atoms with Crippen molar-refractivity contribution in [3.63, 3.8) is 0 Å². The Morgan fingerprint density at radius 1 is 1.37 bits per heavy atom. The van der Waals surface area contributed by atoms with Crippen molar-refractivity contribution in [2.75, 3.05) is 11.2 Å². The smallest absolute Gasteiger partial charge is 0.240 e. The van der Waals surface area contributed by atoms with Gasteiger partial charge < -0.3 is 5.32 Å². The summed E-state index contributed by atoms with van der Waals surface area (Å²) >= 11 is 5.46. The van der Waals surface area contributed by atoms with E-state index in [9.17, 15) is 13.2 Å². The maximum atomic E-state index is 12.0. The first-order valence-corrected chi connectivity index (χ1v) is 8.01. The van der Waals surface area contributed by atoms with Gasteiger partial charge in [0.15, 0.2) is 0 Å². The van der Waals surface area contributed by atoms with E-state index in [1.54, 1.807) is 12.1 Å². The van der Waals surface area contributed by atoms with Gasteiger partial charge in [-0.3, -0.25) is 4.79 Å². The molecule has 5 nitrogen and oxygen atoms in total. The van der Waals surface area contributed by atoms with Crippen LogP contribution in [0.5, 0.6) is 0 Å². The molecule has 1 aromatic rings. The largest absolute Gasteiger partial charge is 0.326 e. The molecular formula is C12H15ClN2O3S. The van der Waals surface area contributed by atoms with Gasteiger partial charge in [0, 0.05) is 24.0 Å².